The quantitative estimate of drug-likeness (QED) is 0.699. The van der Waals surface area contributed by atoms with Crippen LogP contribution in [0.4, 0.5) is 0 Å². The topological polar surface area (TPSA) is 3.24 Å². The molecule has 0 aliphatic carbocycles. The molecule has 0 aromatic heterocycles. The fraction of sp³-hybridized carbons (Fsp3) is 0.571. The summed E-state index contributed by atoms with van der Waals surface area (Å²) in [5, 5.41) is 0. The summed E-state index contributed by atoms with van der Waals surface area (Å²) in [6.07, 6.45) is 3.96. The number of benzene rings is 1. The molecule has 1 aromatic carbocycles. The minimum absolute atomic E-state index is 0.800. The number of rotatable bonds is 3. The molecule has 0 N–H and O–H groups in total. The Morgan fingerprint density at radius 3 is 2.38 bits per heavy atom. The highest BCUT2D eigenvalue weighted by Crippen LogP contribution is 2.27. The molecule has 1 aliphatic heterocycles. The van der Waals surface area contributed by atoms with Gasteiger partial charge in [0.2, 0.25) is 0 Å². The van der Waals surface area contributed by atoms with Gasteiger partial charge in [-0.25, -0.2) is 0 Å². The summed E-state index contributed by atoms with van der Waals surface area (Å²) >= 11 is 0. The van der Waals surface area contributed by atoms with E-state index in [2.05, 4.69) is 43.9 Å². The zero-order valence-electron chi connectivity index (χ0n) is 10.6. The van der Waals surface area contributed by atoms with Gasteiger partial charge in [0, 0.05) is 0 Å². The van der Waals surface area contributed by atoms with Gasteiger partial charge in [-0.2, -0.15) is 0 Å². The van der Waals surface area contributed by atoms with Gasteiger partial charge in [-0.3, -0.25) is 0 Å². The molecular formula is C14H22BN. The molecule has 86 valence electrons. The van der Waals surface area contributed by atoms with Crippen LogP contribution in [-0.2, 0) is 0 Å². The highest BCUT2D eigenvalue weighted by atomic mass is 15.1. The lowest BCUT2D eigenvalue weighted by atomic mass is 9.88. The molecule has 0 bridgehead atoms. The normalized spacial score (nSPS) is 18.8. The van der Waals surface area contributed by atoms with E-state index >= 15 is 0 Å². The summed E-state index contributed by atoms with van der Waals surface area (Å²) in [5.74, 6) is 0.800. The lowest BCUT2D eigenvalue weighted by molar-refractivity contribution is 0.222. The molecule has 1 nitrogen and oxygen atoms in total. The smallest absolute Gasteiger partial charge is 0.103 e. The Labute approximate surface area is 100 Å². The van der Waals surface area contributed by atoms with E-state index in [-0.39, 0.29) is 0 Å². The molecule has 0 spiro atoms. The van der Waals surface area contributed by atoms with Gasteiger partial charge in [0.1, 0.15) is 7.85 Å². The van der Waals surface area contributed by atoms with Gasteiger partial charge >= 0.3 is 0 Å². The molecule has 1 saturated heterocycles. The first-order chi connectivity index (χ1) is 7.79. The zero-order chi connectivity index (χ0) is 11.4. The second-order valence-electron chi connectivity index (χ2n) is 5.03. The lowest BCUT2D eigenvalue weighted by Gasteiger charge is -2.32. The Morgan fingerprint density at radius 2 is 1.81 bits per heavy atom. The minimum Gasteiger partial charge on any atom is -0.304 e. The minimum atomic E-state index is 0.800. The molecule has 1 heterocycles. The number of aryl methyl sites for hydroxylation is 1. The van der Waals surface area contributed by atoms with Crippen LogP contribution in [0.1, 0.15) is 29.9 Å². The fourth-order valence-corrected chi connectivity index (χ4v) is 2.64. The van der Waals surface area contributed by atoms with Gasteiger partial charge < -0.3 is 4.90 Å². The molecular weight excluding hydrogens is 193 g/mol. The zero-order valence-corrected chi connectivity index (χ0v) is 10.6. The van der Waals surface area contributed by atoms with Crippen LogP contribution in [0.25, 0.3) is 0 Å². The number of likely N-dealkylation sites (tertiary alicyclic amines) is 1. The van der Waals surface area contributed by atoms with Crippen molar-refractivity contribution in [2.45, 2.75) is 32.0 Å². The molecule has 0 atom stereocenters. The van der Waals surface area contributed by atoms with Crippen LogP contribution >= 0.6 is 0 Å². The van der Waals surface area contributed by atoms with E-state index in [1.165, 1.54) is 44.4 Å². The van der Waals surface area contributed by atoms with Crippen LogP contribution in [-0.4, -0.2) is 32.4 Å². The fourth-order valence-electron chi connectivity index (χ4n) is 2.64. The Hall–Kier alpha value is -0.755. The first-order valence-corrected chi connectivity index (χ1v) is 6.58. The number of piperidine rings is 1. The van der Waals surface area contributed by atoms with Gasteiger partial charge in [-0.1, -0.05) is 36.1 Å². The van der Waals surface area contributed by atoms with Crippen molar-refractivity contribution < 1.29 is 0 Å². The van der Waals surface area contributed by atoms with E-state index < -0.39 is 0 Å². The molecule has 1 fully saturated rings. The number of nitrogens with zero attached hydrogens (tertiary/aromatic N) is 1. The third-order valence-electron chi connectivity index (χ3n) is 3.68. The first-order valence-electron chi connectivity index (χ1n) is 6.58. The van der Waals surface area contributed by atoms with Crippen molar-refractivity contribution in [2.75, 3.05) is 19.6 Å². The Balaban J connectivity index is 1.91. The largest absolute Gasteiger partial charge is 0.304 e. The van der Waals surface area contributed by atoms with E-state index in [9.17, 15) is 0 Å². The summed E-state index contributed by atoms with van der Waals surface area (Å²) in [5.41, 5.74) is 2.91. The maximum atomic E-state index is 2.60. The lowest BCUT2D eigenvalue weighted by Crippen LogP contribution is -2.33. The van der Waals surface area contributed by atoms with Crippen molar-refractivity contribution in [1.82, 2.24) is 4.90 Å². The van der Waals surface area contributed by atoms with Crippen LogP contribution in [0.3, 0.4) is 0 Å². The van der Waals surface area contributed by atoms with Gasteiger partial charge in [0.05, 0.1) is 0 Å². The predicted octanol–water partition coefficient (Wildman–Crippen LogP) is 2.23. The van der Waals surface area contributed by atoms with Gasteiger partial charge in [-0.15, -0.1) is 0 Å². The average molecular weight is 215 g/mol. The van der Waals surface area contributed by atoms with Crippen molar-refractivity contribution in [3.8, 4) is 0 Å². The summed E-state index contributed by atoms with van der Waals surface area (Å²) < 4.78 is 0. The Morgan fingerprint density at radius 1 is 1.19 bits per heavy atom. The summed E-state index contributed by atoms with van der Waals surface area (Å²) in [4.78, 5) is 2.60. The summed E-state index contributed by atoms with van der Waals surface area (Å²) in [6.45, 7) is 6.01. The second-order valence-corrected chi connectivity index (χ2v) is 5.03. The van der Waals surface area contributed by atoms with Crippen LogP contribution in [0.5, 0.6) is 0 Å². The van der Waals surface area contributed by atoms with Gasteiger partial charge in [0.25, 0.3) is 0 Å². The summed E-state index contributed by atoms with van der Waals surface area (Å²) in [7, 11) is 2.27. The second kappa shape index (κ2) is 5.54. The highest BCUT2D eigenvalue weighted by Gasteiger charge is 2.19. The molecule has 0 saturated carbocycles. The van der Waals surface area contributed by atoms with Crippen LogP contribution < -0.4 is 0 Å². The van der Waals surface area contributed by atoms with Gasteiger partial charge in [-0.05, 0) is 50.9 Å². The third kappa shape index (κ3) is 2.88. The van der Waals surface area contributed by atoms with Gasteiger partial charge in [0.15, 0.2) is 0 Å². The number of hydrogen-bond donors (Lipinski definition) is 0. The molecule has 2 rings (SSSR count). The molecule has 2 heteroatoms. The molecule has 0 unspecified atom stereocenters. The average Bonchev–Trinajstić information content (AvgIpc) is 2.32. The van der Waals surface area contributed by atoms with Crippen LogP contribution in [0.2, 0.25) is 6.32 Å². The van der Waals surface area contributed by atoms with E-state index in [1.807, 2.05) is 0 Å². The van der Waals surface area contributed by atoms with E-state index in [0.717, 1.165) is 5.92 Å². The van der Waals surface area contributed by atoms with Crippen molar-refractivity contribution in [1.29, 1.82) is 0 Å². The standard InChI is InChI=1S/C14H22BN/c1-12-2-4-13(5-3-12)14-6-9-16(10-7-14)11-8-15/h2-5,14H,6-11,15H2,1H3. The van der Waals surface area contributed by atoms with Crippen molar-refractivity contribution in [2.24, 2.45) is 0 Å². The predicted molar refractivity (Wildman–Crippen MR) is 72.9 cm³/mol. The SMILES string of the molecule is BCCN1CCC(c2ccc(C)cc2)CC1. The molecule has 0 radical (unpaired) electrons. The van der Waals surface area contributed by atoms with Crippen LogP contribution in [0.15, 0.2) is 24.3 Å². The monoisotopic (exact) mass is 215 g/mol. The maximum Gasteiger partial charge on any atom is 0.103 e. The molecule has 1 aromatic rings. The third-order valence-corrected chi connectivity index (χ3v) is 3.68. The molecule has 16 heavy (non-hydrogen) atoms. The van der Waals surface area contributed by atoms with Crippen molar-refractivity contribution in [3.63, 3.8) is 0 Å². The van der Waals surface area contributed by atoms with E-state index in [0.29, 0.717) is 0 Å². The number of hydrogen-bond acceptors (Lipinski definition) is 1. The van der Waals surface area contributed by atoms with E-state index in [4.69, 9.17) is 0 Å². The van der Waals surface area contributed by atoms with Crippen molar-refractivity contribution >= 4 is 7.85 Å². The first kappa shape index (κ1) is 11.7. The van der Waals surface area contributed by atoms with E-state index in [1.54, 1.807) is 5.56 Å². The maximum absolute atomic E-state index is 2.60. The molecule has 1 aliphatic rings. The Bertz CT molecular complexity index is 312. The highest BCUT2D eigenvalue weighted by molar-refractivity contribution is 6.08. The summed E-state index contributed by atoms with van der Waals surface area (Å²) in [6, 6.07) is 9.12. The van der Waals surface area contributed by atoms with Crippen LogP contribution in [0, 0.1) is 6.92 Å². The Kier molecular flexibility index (Phi) is 4.06. The molecule has 0 amide bonds. The van der Waals surface area contributed by atoms with Crippen molar-refractivity contribution in [3.05, 3.63) is 35.4 Å².